The average Bonchev–Trinajstić information content (AvgIpc) is 2.67. The van der Waals surface area contributed by atoms with E-state index in [4.69, 9.17) is 11.6 Å². The van der Waals surface area contributed by atoms with Crippen molar-refractivity contribution in [1.29, 1.82) is 0 Å². The fraction of sp³-hybridized carbons (Fsp3) is 0.333. The van der Waals surface area contributed by atoms with Gasteiger partial charge in [0, 0.05) is 35.7 Å². The zero-order chi connectivity index (χ0) is 19.8. The minimum Gasteiger partial charge on any atom is -0.357 e. The van der Waals surface area contributed by atoms with E-state index in [-0.39, 0.29) is 11.8 Å². The third kappa shape index (κ3) is 6.60. The van der Waals surface area contributed by atoms with Crippen LogP contribution in [0.3, 0.4) is 0 Å². The van der Waals surface area contributed by atoms with Gasteiger partial charge in [-0.15, -0.1) is 11.8 Å². The number of nitrogens with one attached hydrogen (secondary N) is 1. The Bertz CT molecular complexity index is 763. The van der Waals surface area contributed by atoms with Crippen molar-refractivity contribution in [3.05, 3.63) is 64.7 Å². The second-order valence-corrected chi connectivity index (χ2v) is 7.95. The van der Waals surface area contributed by atoms with Crippen LogP contribution in [0, 0.1) is 6.92 Å². The first-order valence-corrected chi connectivity index (χ1v) is 10.2. The number of halogens is 1. The highest BCUT2D eigenvalue weighted by molar-refractivity contribution is 7.99. The first kappa shape index (κ1) is 21.3. The number of benzene rings is 2. The molecule has 0 saturated carbocycles. The van der Waals surface area contributed by atoms with Crippen LogP contribution < -0.4 is 5.32 Å². The third-order valence-corrected chi connectivity index (χ3v) is 5.55. The van der Waals surface area contributed by atoms with Gasteiger partial charge in [-0.25, -0.2) is 0 Å². The summed E-state index contributed by atoms with van der Waals surface area (Å²) in [4.78, 5) is 27.7. The molecule has 0 aliphatic rings. The summed E-state index contributed by atoms with van der Waals surface area (Å²) in [6, 6.07) is 15.0. The Morgan fingerprint density at radius 2 is 1.74 bits per heavy atom. The predicted octanol–water partition coefficient (Wildman–Crippen LogP) is 4.29. The first-order chi connectivity index (χ1) is 12.9. The predicted molar refractivity (Wildman–Crippen MR) is 112 cm³/mol. The lowest BCUT2D eigenvalue weighted by Crippen LogP contribution is -2.46. The van der Waals surface area contributed by atoms with E-state index in [0.29, 0.717) is 23.7 Å². The summed E-state index contributed by atoms with van der Waals surface area (Å²) in [5.41, 5.74) is 2.15. The van der Waals surface area contributed by atoms with Crippen molar-refractivity contribution in [1.82, 2.24) is 10.2 Å². The number of rotatable bonds is 8. The quantitative estimate of drug-likeness (QED) is 0.667. The fourth-order valence-electron chi connectivity index (χ4n) is 2.61. The van der Waals surface area contributed by atoms with Gasteiger partial charge in [-0.1, -0.05) is 41.4 Å². The monoisotopic (exact) mass is 404 g/mol. The molecule has 6 heteroatoms. The van der Waals surface area contributed by atoms with Gasteiger partial charge in [-0.2, -0.15) is 0 Å². The number of nitrogens with zero attached hydrogens (tertiary/aromatic N) is 1. The summed E-state index contributed by atoms with van der Waals surface area (Å²) in [7, 11) is 1.58. The molecule has 2 rings (SSSR count). The lowest BCUT2D eigenvalue weighted by molar-refractivity contribution is -0.140. The van der Waals surface area contributed by atoms with Crippen LogP contribution in [0.1, 0.15) is 24.5 Å². The highest BCUT2D eigenvalue weighted by atomic mass is 35.5. The molecule has 1 atom stereocenters. The average molecular weight is 405 g/mol. The van der Waals surface area contributed by atoms with Crippen LogP contribution in [0.4, 0.5) is 0 Å². The third-order valence-electron chi connectivity index (χ3n) is 4.29. The number of carbonyl (C=O) groups is 2. The molecule has 0 aliphatic carbocycles. The normalized spacial score (nSPS) is 11.7. The lowest BCUT2D eigenvalue weighted by atomic mass is 10.1. The number of carbonyl (C=O) groups excluding carboxylic acids is 2. The molecule has 0 saturated heterocycles. The van der Waals surface area contributed by atoms with Gasteiger partial charge in [0.2, 0.25) is 11.8 Å². The van der Waals surface area contributed by atoms with Crippen LogP contribution in [0.2, 0.25) is 5.02 Å². The van der Waals surface area contributed by atoms with Crippen molar-refractivity contribution >= 4 is 35.2 Å². The molecular weight excluding hydrogens is 380 g/mol. The molecule has 0 spiro atoms. The van der Waals surface area contributed by atoms with Crippen molar-refractivity contribution < 1.29 is 9.59 Å². The number of amides is 2. The van der Waals surface area contributed by atoms with Gasteiger partial charge in [0.15, 0.2) is 0 Å². The van der Waals surface area contributed by atoms with E-state index in [1.165, 1.54) is 5.56 Å². The van der Waals surface area contributed by atoms with Crippen LogP contribution >= 0.6 is 23.4 Å². The second kappa shape index (κ2) is 10.4. The maximum absolute atomic E-state index is 12.8. The molecule has 0 radical (unpaired) electrons. The number of hydrogen-bond acceptors (Lipinski definition) is 3. The van der Waals surface area contributed by atoms with Gasteiger partial charge in [0.1, 0.15) is 6.04 Å². The minimum atomic E-state index is -0.539. The zero-order valence-electron chi connectivity index (χ0n) is 15.9. The van der Waals surface area contributed by atoms with Gasteiger partial charge in [-0.3, -0.25) is 9.59 Å². The molecule has 0 fully saturated rings. The number of hydrogen-bond donors (Lipinski definition) is 1. The Kier molecular flexibility index (Phi) is 8.20. The molecule has 0 aromatic heterocycles. The summed E-state index contributed by atoms with van der Waals surface area (Å²) in [6.07, 6.45) is 0.369. The van der Waals surface area contributed by atoms with E-state index >= 15 is 0 Å². The molecule has 2 aromatic rings. The standard InChI is InChI=1S/C21H25ClN2O2S/c1-15-4-10-19(11-5-15)27-13-12-20(25)24(16(2)21(26)23-3)14-17-6-8-18(22)9-7-17/h4-11,16H,12-14H2,1-3H3,(H,23,26)/t16-/m0/s1. The smallest absolute Gasteiger partial charge is 0.242 e. The number of aryl methyl sites for hydroxylation is 1. The molecule has 0 aliphatic heterocycles. The molecule has 0 bridgehead atoms. The summed E-state index contributed by atoms with van der Waals surface area (Å²) in [5, 5.41) is 3.27. The van der Waals surface area contributed by atoms with E-state index in [1.807, 2.05) is 19.1 Å². The fourth-order valence-corrected chi connectivity index (χ4v) is 3.58. The molecule has 1 N–H and O–H groups in total. The SMILES string of the molecule is CNC(=O)[C@H](C)N(Cc1ccc(Cl)cc1)C(=O)CCSc1ccc(C)cc1. The van der Waals surface area contributed by atoms with E-state index < -0.39 is 6.04 Å². The summed E-state index contributed by atoms with van der Waals surface area (Å²) in [6.45, 7) is 4.17. The van der Waals surface area contributed by atoms with E-state index in [0.717, 1.165) is 10.5 Å². The molecule has 2 amide bonds. The van der Waals surface area contributed by atoms with Crippen LogP contribution in [0.5, 0.6) is 0 Å². The molecular formula is C21H25ClN2O2S. The van der Waals surface area contributed by atoms with Crippen LogP contribution in [-0.4, -0.2) is 35.6 Å². The van der Waals surface area contributed by atoms with E-state index in [1.54, 1.807) is 42.8 Å². The van der Waals surface area contributed by atoms with Crippen LogP contribution in [0.15, 0.2) is 53.4 Å². The largest absolute Gasteiger partial charge is 0.357 e. The Hall–Kier alpha value is -1.98. The van der Waals surface area contributed by atoms with Gasteiger partial charge >= 0.3 is 0 Å². The van der Waals surface area contributed by atoms with Gasteiger partial charge < -0.3 is 10.2 Å². The summed E-state index contributed by atoms with van der Waals surface area (Å²) >= 11 is 7.58. The molecule has 0 unspecified atom stereocenters. The molecule has 2 aromatic carbocycles. The minimum absolute atomic E-state index is 0.0411. The van der Waals surface area contributed by atoms with E-state index in [9.17, 15) is 9.59 Å². The van der Waals surface area contributed by atoms with Crippen LogP contribution in [0.25, 0.3) is 0 Å². The van der Waals surface area contributed by atoms with Gasteiger partial charge in [0.25, 0.3) is 0 Å². The number of likely N-dealkylation sites (N-methyl/N-ethyl adjacent to an activating group) is 1. The van der Waals surface area contributed by atoms with E-state index in [2.05, 4.69) is 29.6 Å². The Morgan fingerprint density at radius 3 is 2.33 bits per heavy atom. The molecule has 27 heavy (non-hydrogen) atoms. The van der Waals surface area contributed by atoms with Crippen molar-refractivity contribution in [2.45, 2.75) is 37.8 Å². The van der Waals surface area contributed by atoms with Crippen molar-refractivity contribution in [2.75, 3.05) is 12.8 Å². The molecule has 144 valence electrons. The van der Waals surface area contributed by atoms with Crippen molar-refractivity contribution in [2.24, 2.45) is 0 Å². The Morgan fingerprint density at radius 1 is 1.11 bits per heavy atom. The van der Waals surface area contributed by atoms with Crippen molar-refractivity contribution in [3.63, 3.8) is 0 Å². The lowest BCUT2D eigenvalue weighted by Gasteiger charge is -2.28. The number of thioether (sulfide) groups is 1. The van der Waals surface area contributed by atoms with Crippen molar-refractivity contribution in [3.8, 4) is 0 Å². The van der Waals surface area contributed by atoms with Crippen LogP contribution in [-0.2, 0) is 16.1 Å². The highest BCUT2D eigenvalue weighted by Gasteiger charge is 2.25. The maximum atomic E-state index is 12.8. The summed E-state index contributed by atoms with van der Waals surface area (Å²) < 4.78 is 0. The Balaban J connectivity index is 2.02. The first-order valence-electron chi connectivity index (χ1n) is 8.85. The second-order valence-electron chi connectivity index (χ2n) is 6.35. The molecule has 4 nitrogen and oxygen atoms in total. The van der Waals surface area contributed by atoms with Gasteiger partial charge in [-0.05, 0) is 43.7 Å². The Labute approximate surface area is 170 Å². The highest BCUT2D eigenvalue weighted by Crippen LogP contribution is 2.20. The maximum Gasteiger partial charge on any atom is 0.242 e. The van der Waals surface area contributed by atoms with Gasteiger partial charge in [0.05, 0.1) is 0 Å². The zero-order valence-corrected chi connectivity index (χ0v) is 17.4. The summed E-state index contributed by atoms with van der Waals surface area (Å²) in [5.74, 6) is 0.448. The molecule has 0 heterocycles. The topological polar surface area (TPSA) is 49.4 Å².